The van der Waals surface area contributed by atoms with Crippen LogP contribution in [0.15, 0.2) is 0 Å². The van der Waals surface area contributed by atoms with Gasteiger partial charge in [-0.2, -0.15) is 0 Å². The molecule has 1 saturated carbocycles. The summed E-state index contributed by atoms with van der Waals surface area (Å²) < 4.78 is 0. The van der Waals surface area contributed by atoms with Gasteiger partial charge in [0.05, 0.1) is 0 Å². The highest BCUT2D eigenvalue weighted by Gasteiger charge is 2.30. The zero-order chi connectivity index (χ0) is 11.5. The average molecular weight is 224 g/mol. The van der Waals surface area contributed by atoms with Crippen molar-refractivity contribution in [2.24, 2.45) is 11.8 Å². The monoisotopic (exact) mass is 224 g/mol. The van der Waals surface area contributed by atoms with Crippen LogP contribution in [-0.4, -0.2) is 36.6 Å². The van der Waals surface area contributed by atoms with Crippen LogP contribution in [0.3, 0.4) is 0 Å². The van der Waals surface area contributed by atoms with Crippen molar-refractivity contribution in [3.05, 3.63) is 0 Å². The second-order valence-electron chi connectivity index (χ2n) is 5.97. The van der Waals surface area contributed by atoms with Gasteiger partial charge in [0.25, 0.3) is 0 Å². The molecular weight excluding hydrogens is 196 g/mol. The minimum Gasteiger partial charge on any atom is -0.311 e. The molecule has 0 bridgehead atoms. The molecule has 1 heterocycles. The molecule has 0 radical (unpaired) electrons. The van der Waals surface area contributed by atoms with Crippen molar-refractivity contribution in [1.82, 2.24) is 10.2 Å². The molecule has 16 heavy (non-hydrogen) atoms. The minimum atomic E-state index is 0.723. The van der Waals surface area contributed by atoms with Crippen LogP contribution in [0.4, 0.5) is 0 Å². The minimum absolute atomic E-state index is 0.723. The molecule has 94 valence electrons. The molecule has 1 N–H and O–H groups in total. The van der Waals surface area contributed by atoms with Crippen molar-refractivity contribution in [1.29, 1.82) is 0 Å². The van der Waals surface area contributed by atoms with E-state index in [1.165, 1.54) is 45.3 Å². The van der Waals surface area contributed by atoms with Crippen LogP contribution in [0.2, 0.25) is 0 Å². The van der Waals surface area contributed by atoms with Crippen LogP contribution in [0, 0.1) is 11.8 Å². The Hall–Kier alpha value is -0.0800. The topological polar surface area (TPSA) is 15.3 Å². The zero-order valence-corrected chi connectivity index (χ0v) is 11.2. The molecule has 3 unspecified atom stereocenters. The van der Waals surface area contributed by atoms with Gasteiger partial charge in [-0.1, -0.05) is 33.1 Å². The molecule has 1 aliphatic carbocycles. The highest BCUT2D eigenvalue weighted by atomic mass is 15.2. The molecule has 2 heteroatoms. The first-order valence-corrected chi connectivity index (χ1v) is 7.18. The van der Waals surface area contributed by atoms with Gasteiger partial charge < -0.3 is 5.32 Å². The van der Waals surface area contributed by atoms with Gasteiger partial charge >= 0.3 is 0 Å². The quantitative estimate of drug-likeness (QED) is 0.772. The highest BCUT2D eigenvalue weighted by molar-refractivity contribution is 4.86. The SMILES string of the molecule is CCC(C)C1CN(C(C)CC2CC2)CCN1. The number of hydrogen-bond donors (Lipinski definition) is 1. The molecule has 0 aromatic carbocycles. The molecule has 1 saturated heterocycles. The van der Waals surface area contributed by atoms with E-state index in [2.05, 4.69) is 31.0 Å². The molecule has 2 fully saturated rings. The lowest BCUT2D eigenvalue weighted by Gasteiger charge is -2.39. The maximum Gasteiger partial charge on any atom is 0.0221 e. The van der Waals surface area contributed by atoms with Crippen molar-refractivity contribution < 1.29 is 0 Å². The summed E-state index contributed by atoms with van der Waals surface area (Å²) in [7, 11) is 0. The summed E-state index contributed by atoms with van der Waals surface area (Å²) in [5.74, 6) is 1.88. The lowest BCUT2D eigenvalue weighted by molar-refractivity contribution is 0.122. The first-order valence-electron chi connectivity index (χ1n) is 7.18. The van der Waals surface area contributed by atoms with Gasteiger partial charge in [-0.25, -0.2) is 0 Å². The summed E-state index contributed by atoms with van der Waals surface area (Å²) in [6.45, 7) is 10.8. The van der Waals surface area contributed by atoms with Crippen molar-refractivity contribution in [2.45, 2.75) is 58.5 Å². The van der Waals surface area contributed by atoms with Crippen LogP contribution in [0.25, 0.3) is 0 Å². The summed E-state index contributed by atoms with van der Waals surface area (Å²) in [4.78, 5) is 2.71. The maximum absolute atomic E-state index is 3.68. The predicted molar refractivity (Wildman–Crippen MR) is 69.6 cm³/mol. The van der Waals surface area contributed by atoms with E-state index in [4.69, 9.17) is 0 Å². The molecular formula is C14H28N2. The largest absolute Gasteiger partial charge is 0.311 e. The van der Waals surface area contributed by atoms with E-state index in [-0.39, 0.29) is 0 Å². The Balaban J connectivity index is 1.80. The Morgan fingerprint density at radius 2 is 2.06 bits per heavy atom. The van der Waals surface area contributed by atoms with Gasteiger partial charge in [0.1, 0.15) is 0 Å². The molecule has 1 aliphatic heterocycles. The lowest BCUT2D eigenvalue weighted by atomic mass is 9.96. The van der Waals surface area contributed by atoms with Crippen LogP contribution in [0.5, 0.6) is 0 Å². The average Bonchev–Trinajstić information content (AvgIpc) is 3.12. The van der Waals surface area contributed by atoms with Gasteiger partial charge in [0, 0.05) is 31.7 Å². The molecule has 2 aliphatic rings. The van der Waals surface area contributed by atoms with E-state index in [0.29, 0.717) is 0 Å². The number of nitrogens with one attached hydrogen (secondary N) is 1. The van der Waals surface area contributed by atoms with Crippen molar-refractivity contribution in [3.63, 3.8) is 0 Å². The second kappa shape index (κ2) is 5.50. The summed E-state index contributed by atoms with van der Waals surface area (Å²) in [6, 6.07) is 1.53. The lowest BCUT2D eigenvalue weighted by Crippen LogP contribution is -2.55. The number of hydrogen-bond acceptors (Lipinski definition) is 2. The first kappa shape index (κ1) is 12.4. The third kappa shape index (κ3) is 3.21. The predicted octanol–water partition coefficient (Wildman–Crippen LogP) is 2.49. The second-order valence-corrected chi connectivity index (χ2v) is 5.97. The molecule has 0 aromatic rings. The fraction of sp³-hybridized carbons (Fsp3) is 1.00. The van der Waals surface area contributed by atoms with Crippen LogP contribution in [0.1, 0.15) is 46.5 Å². The zero-order valence-electron chi connectivity index (χ0n) is 11.2. The first-order chi connectivity index (χ1) is 7.70. The number of rotatable bonds is 5. The number of nitrogens with zero attached hydrogens (tertiary/aromatic N) is 1. The Labute approximate surface area is 101 Å². The van der Waals surface area contributed by atoms with Crippen LogP contribution in [-0.2, 0) is 0 Å². The standard InChI is InChI=1S/C14H28N2/c1-4-11(2)14-10-16(8-7-15-14)12(3)9-13-5-6-13/h11-15H,4-10H2,1-3H3. The molecule has 0 spiro atoms. The maximum atomic E-state index is 3.68. The third-order valence-electron chi connectivity index (χ3n) is 4.56. The van der Waals surface area contributed by atoms with Crippen LogP contribution >= 0.6 is 0 Å². The molecule has 3 atom stereocenters. The van der Waals surface area contributed by atoms with E-state index in [1.54, 1.807) is 0 Å². The van der Waals surface area contributed by atoms with Crippen LogP contribution < -0.4 is 5.32 Å². The van der Waals surface area contributed by atoms with Gasteiger partial charge in [0.2, 0.25) is 0 Å². The van der Waals surface area contributed by atoms with E-state index in [1.807, 2.05) is 0 Å². The smallest absolute Gasteiger partial charge is 0.0221 e. The Bertz CT molecular complexity index is 213. The molecule has 2 rings (SSSR count). The van der Waals surface area contributed by atoms with E-state index < -0.39 is 0 Å². The van der Waals surface area contributed by atoms with E-state index in [0.717, 1.165) is 23.9 Å². The summed E-state index contributed by atoms with van der Waals surface area (Å²) >= 11 is 0. The fourth-order valence-corrected chi connectivity index (χ4v) is 2.85. The Morgan fingerprint density at radius 3 is 2.69 bits per heavy atom. The molecule has 0 aromatic heterocycles. The van der Waals surface area contributed by atoms with Gasteiger partial charge in [0.15, 0.2) is 0 Å². The summed E-state index contributed by atoms with van der Waals surface area (Å²) in [5, 5.41) is 3.68. The van der Waals surface area contributed by atoms with Gasteiger partial charge in [-0.3, -0.25) is 4.90 Å². The van der Waals surface area contributed by atoms with Crippen molar-refractivity contribution in [3.8, 4) is 0 Å². The molecule has 0 amide bonds. The van der Waals surface area contributed by atoms with Gasteiger partial charge in [-0.05, 0) is 25.2 Å². The van der Waals surface area contributed by atoms with E-state index >= 15 is 0 Å². The fourth-order valence-electron chi connectivity index (χ4n) is 2.85. The number of piperazine rings is 1. The van der Waals surface area contributed by atoms with Gasteiger partial charge in [-0.15, -0.1) is 0 Å². The normalized spacial score (nSPS) is 31.3. The Morgan fingerprint density at radius 1 is 1.31 bits per heavy atom. The summed E-state index contributed by atoms with van der Waals surface area (Å²) in [6.07, 6.45) is 5.71. The van der Waals surface area contributed by atoms with E-state index in [9.17, 15) is 0 Å². The third-order valence-corrected chi connectivity index (χ3v) is 4.56. The Kier molecular flexibility index (Phi) is 4.26. The molecule has 2 nitrogen and oxygen atoms in total. The summed E-state index contributed by atoms with van der Waals surface area (Å²) in [5.41, 5.74) is 0. The highest BCUT2D eigenvalue weighted by Crippen LogP contribution is 2.34. The van der Waals surface area contributed by atoms with Crippen molar-refractivity contribution in [2.75, 3.05) is 19.6 Å². The van der Waals surface area contributed by atoms with Crippen molar-refractivity contribution >= 4 is 0 Å².